The van der Waals surface area contributed by atoms with Crippen molar-refractivity contribution in [1.82, 2.24) is 0 Å². The zero-order valence-electron chi connectivity index (χ0n) is 12.7. The second-order valence-electron chi connectivity index (χ2n) is 5.25. The summed E-state index contributed by atoms with van der Waals surface area (Å²) in [5, 5.41) is 0.350. The van der Waals surface area contributed by atoms with Crippen LogP contribution in [0.5, 0.6) is 0 Å². The predicted molar refractivity (Wildman–Crippen MR) is 99.6 cm³/mol. The molecular weight excluding hydrogens is 324 g/mol. The Morgan fingerprint density at radius 1 is 1.13 bits per heavy atom. The average Bonchev–Trinajstić information content (AvgIpc) is 3.09. The van der Waals surface area contributed by atoms with Crippen molar-refractivity contribution in [3.05, 3.63) is 72.8 Å². The maximum Gasteiger partial charge on any atom is 0.330 e. The topological polar surface area (TPSA) is 26.3 Å². The summed E-state index contributed by atoms with van der Waals surface area (Å²) in [6.07, 6.45) is 1.21. The molecule has 1 heterocycles. The Hall–Kier alpha value is -1.65. The molecule has 4 heteroatoms. The lowest BCUT2D eigenvalue weighted by Gasteiger charge is -2.11. The Kier molecular flexibility index (Phi) is 5.47. The summed E-state index contributed by atoms with van der Waals surface area (Å²) in [4.78, 5) is 11.1. The van der Waals surface area contributed by atoms with Gasteiger partial charge in [-0.15, -0.1) is 23.5 Å². The molecule has 0 spiro atoms. The molecule has 3 rings (SSSR count). The fourth-order valence-corrected chi connectivity index (χ4v) is 5.62. The molecule has 1 fully saturated rings. The van der Waals surface area contributed by atoms with Gasteiger partial charge in [0.25, 0.3) is 0 Å². The normalized spacial score (nSPS) is 20.2. The Bertz CT molecular complexity index is 668. The van der Waals surface area contributed by atoms with E-state index in [0.717, 1.165) is 5.75 Å². The third kappa shape index (κ3) is 4.21. The Morgan fingerprint density at radius 2 is 1.83 bits per heavy atom. The molecular formula is C19H18O2S2. The van der Waals surface area contributed by atoms with E-state index in [2.05, 4.69) is 55.1 Å². The van der Waals surface area contributed by atoms with Gasteiger partial charge in [0.15, 0.2) is 0 Å². The van der Waals surface area contributed by atoms with E-state index in [0.29, 0.717) is 16.4 Å². The highest BCUT2D eigenvalue weighted by Crippen LogP contribution is 2.49. The Morgan fingerprint density at radius 3 is 2.52 bits per heavy atom. The van der Waals surface area contributed by atoms with Gasteiger partial charge in [-0.3, -0.25) is 0 Å². The van der Waals surface area contributed by atoms with Crippen molar-refractivity contribution < 1.29 is 9.53 Å². The summed E-state index contributed by atoms with van der Waals surface area (Å²) in [5.74, 6) is 0.659. The van der Waals surface area contributed by atoms with E-state index in [9.17, 15) is 4.79 Å². The molecule has 2 aromatic rings. The predicted octanol–water partition coefficient (Wildman–Crippen LogP) is 4.93. The minimum atomic E-state index is -0.341. The molecule has 118 valence electrons. The standard InChI is InChI=1S/C19H18O2S2/c1-2-18(20)21-12-17-13-22-19(23-17)16-10-8-15(9-11-16)14-6-4-3-5-7-14/h2-11,17,19H,1,12-13H2. The van der Waals surface area contributed by atoms with Gasteiger partial charge in [-0.1, -0.05) is 61.2 Å². The van der Waals surface area contributed by atoms with Crippen molar-refractivity contribution in [2.24, 2.45) is 0 Å². The van der Waals surface area contributed by atoms with Crippen LogP contribution >= 0.6 is 23.5 Å². The van der Waals surface area contributed by atoms with Crippen molar-refractivity contribution in [3.63, 3.8) is 0 Å². The second kappa shape index (κ2) is 7.75. The van der Waals surface area contributed by atoms with Crippen LogP contribution in [0, 0.1) is 0 Å². The third-order valence-corrected chi connectivity index (χ3v) is 6.95. The molecule has 1 aliphatic rings. The number of rotatable bonds is 5. The van der Waals surface area contributed by atoms with Crippen molar-refractivity contribution in [2.75, 3.05) is 12.4 Å². The summed E-state index contributed by atoms with van der Waals surface area (Å²) >= 11 is 3.78. The van der Waals surface area contributed by atoms with Crippen LogP contribution in [0.2, 0.25) is 0 Å². The molecule has 2 unspecified atom stereocenters. The smallest absolute Gasteiger partial charge is 0.330 e. The maximum atomic E-state index is 11.1. The van der Waals surface area contributed by atoms with Crippen LogP contribution in [-0.4, -0.2) is 23.6 Å². The van der Waals surface area contributed by atoms with E-state index in [1.54, 1.807) is 0 Å². The molecule has 0 aromatic heterocycles. The number of carbonyl (C=O) groups is 1. The summed E-state index contributed by atoms with van der Waals surface area (Å²) in [5.41, 5.74) is 3.79. The fourth-order valence-electron chi connectivity index (χ4n) is 2.41. The number of carbonyl (C=O) groups excluding carboxylic acids is 1. The van der Waals surface area contributed by atoms with Gasteiger partial charge in [0.1, 0.15) is 6.61 Å². The van der Waals surface area contributed by atoms with Crippen LogP contribution in [0.1, 0.15) is 10.1 Å². The van der Waals surface area contributed by atoms with Crippen LogP contribution < -0.4 is 0 Å². The van der Waals surface area contributed by atoms with Gasteiger partial charge in [0.2, 0.25) is 0 Å². The number of benzene rings is 2. The number of hydrogen-bond acceptors (Lipinski definition) is 4. The first kappa shape index (κ1) is 16.2. The lowest BCUT2D eigenvalue weighted by Crippen LogP contribution is -2.14. The number of esters is 1. The van der Waals surface area contributed by atoms with Crippen molar-refractivity contribution in [2.45, 2.75) is 9.83 Å². The first-order chi connectivity index (χ1) is 11.3. The van der Waals surface area contributed by atoms with Gasteiger partial charge >= 0.3 is 5.97 Å². The number of ether oxygens (including phenoxy) is 1. The van der Waals surface area contributed by atoms with Crippen LogP contribution in [-0.2, 0) is 9.53 Å². The highest BCUT2D eigenvalue weighted by Gasteiger charge is 2.28. The molecule has 0 N–H and O–H groups in total. The van der Waals surface area contributed by atoms with E-state index in [1.165, 1.54) is 22.8 Å². The van der Waals surface area contributed by atoms with Crippen LogP contribution in [0.3, 0.4) is 0 Å². The molecule has 23 heavy (non-hydrogen) atoms. The van der Waals surface area contributed by atoms with Gasteiger partial charge in [-0.2, -0.15) is 0 Å². The fraction of sp³-hybridized carbons (Fsp3) is 0.211. The molecule has 0 radical (unpaired) electrons. The SMILES string of the molecule is C=CC(=O)OCC1CSC(c2ccc(-c3ccccc3)cc2)S1. The van der Waals surface area contributed by atoms with Crippen LogP contribution in [0.15, 0.2) is 67.3 Å². The van der Waals surface area contributed by atoms with Gasteiger partial charge in [0.05, 0.1) is 4.58 Å². The number of thioether (sulfide) groups is 2. The molecule has 0 saturated carbocycles. The molecule has 0 bridgehead atoms. The highest BCUT2D eigenvalue weighted by atomic mass is 32.2. The third-order valence-electron chi connectivity index (χ3n) is 3.62. The Labute approximate surface area is 145 Å². The second-order valence-corrected chi connectivity index (χ2v) is 8.09. The summed E-state index contributed by atoms with van der Waals surface area (Å²) in [6, 6.07) is 19.1. The molecule has 0 amide bonds. The zero-order chi connectivity index (χ0) is 16.1. The van der Waals surface area contributed by atoms with E-state index in [-0.39, 0.29) is 5.97 Å². The minimum absolute atomic E-state index is 0.341. The molecule has 2 nitrogen and oxygen atoms in total. The van der Waals surface area contributed by atoms with Gasteiger partial charge in [-0.05, 0) is 16.7 Å². The van der Waals surface area contributed by atoms with E-state index >= 15 is 0 Å². The lowest BCUT2D eigenvalue weighted by molar-refractivity contribution is -0.137. The largest absolute Gasteiger partial charge is 0.461 e. The first-order valence-corrected chi connectivity index (χ1v) is 9.47. The minimum Gasteiger partial charge on any atom is -0.461 e. The molecule has 2 atom stereocenters. The Balaban J connectivity index is 1.60. The first-order valence-electron chi connectivity index (χ1n) is 7.48. The quantitative estimate of drug-likeness (QED) is 0.568. The summed E-state index contributed by atoms with van der Waals surface area (Å²) in [6.45, 7) is 3.87. The zero-order valence-corrected chi connectivity index (χ0v) is 14.3. The maximum absolute atomic E-state index is 11.1. The summed E-state index contributed by atoms with van der Waals surface area (Å²) in [7, 11) is 0. The summed E-state index contributed by atoms with van der Waals surface area (Å²) < 4.78 is 5.55. The van der Waals surface area contributed by atoms with Crippen molar-refractivity contribution in [1.29, 1.82) is 0 Å². The van der Waals surface area contributed by atoms with Gasteiger partial charge < -0.3 is 4.74 Å². The van der Waals surface area contributed by atoms with E-state index in [1.807, 2.05) is 29.6 Å². The van der Waals surface area contributed by atoms with E-state index < -0.39 is 0 Å². The van der Waals surface area contributed by atoms with Crippen molar-refractivity contribution >= 4 is 29.5 Å². The molecule has 1 aliphatic heterocycles. The molecule has 0 aliphatic carbocycles. The number of hydrogen-bond donors (Lipinski definition) is 0. The highest BCUT2D eigenvalue weighted by molar-refractivity contribution is 8.19. The van der Waals surface area contributed by atoms with Crippen LogP contribution in [0.25, 0.3) is 11.1 Å². The average molecular weight is 342 g/mol. The van der Waals surface area contributed by atoms with Gasteiger partial charge in [0, 0.05) is 17.1 Å². The molecule has 1 saturated heterocycles. The molecule has 2 aromatic carbocycles. The van der Waals surface area contributed by atoms with Gasteiger partial charge in [-0.25, -0.2) is 4.79 Å². The monoisotopic (exact) mass is 342 g/mol. The van der Waals surface area contributed by atoms with Crippen molar-refractivity contribution in [3.8, 4) is 11.1 Å². The van der Waals surface area contributed by atoms with Crippen LogP contribution in [0.4, 0.5) is 0 Å². The van der Waals surface area contributed by atoms with E-state index in [4.69, 9.17) is 4.74 Å². The lowest BCUT2D eigenvalue weighted by atomic mass is 10.0.